The molecule has 0 unspecified atom stereocenters. The predicted octanol–water partition coefficient (Wildman–Crippen LogP) is 7.11. The topological polar surface area (TPSA) is 32.8 Å². The van der Waals surface area contributed by atoms with Gasteiger partial charge in [-0.1, -0.05) is 6.07 Å². The Morgan fingerprint density at radius 2 is 1.85 bits per heavy atom. The van der Waals surface area contributed by atoms with Crippen LogP contribution in [0.4, 0.5) is 23.2 Å². The molecular formula is C32H32F4N2O2. The Bertz CT molecular complexity index is 1420. The molecule has 3 heterocycles. The van der Waals surface area contributed by atoms with Gasteiger partial charge in [-0.25, -0.2) is 4.39 Å². The number of carbonyl (C=O) groups excluding carboxylic acids is 1. The van der Waals surface area contributed by atoms with Gasteiger partial charge in [-0.15, -0.1) is 0 Å². The molecule has 3 aromatic carbocycles. The number of nitrogens with zero attached hydrogens (tertiary/aromatic N) is 2. The minimum absolute atomic E-state index is 0.00628. The van der Waals surface area contributed by atoms with E-state index in [1.807, 2.05) is 12.1 Å². The number of anilines is 1. The highest BCUT2D eigenvalue weighted by atomic mass is 19.4. The molecule has 2 atom stereocenters. The van der Waals surface area contributed by atoms with E-state index in [9.17, 15) is 22.4 Å². The van der Waals surface area contributed by atoms with Gasteiger partial charge >= 0.3 is 6.18 Å². The van der Waals surface area contributed by atoms with Crippen molar-refractivity contribution in [2.24, 2.45) is 0 Å². The van der Waals surface area contributed by atoms with Gasteiger partial charge in [0.25, 0.3) is 0 Å². The van der Waals surface area contributed by atoms with Crippen LogP contribution in [0.3, 0.4) is 0 Å². The van der Waals surface area contributed by atoms with E-state index in [1.165, 1.54) is 36.0 Å². The standard InChI is InChI=1S/C32H32F4N2O2/c1-2-40-24-9-10-25(28(18-24)32(34,35)36)22-16-21-11-15-38-29-12-14-37(19-27(29)26(17-22)31(21)38)13-3-4-30(39)20-5-7-23(33)8-6-20/h5-10,16-18,27,29H,2-4,11-15,19H2,1H3/t27-,29-/m1/s1. The molecular weight excluding hydrogens is 520 g/mol. The van der Waals surface area contributed by atoms with Crippen LogP contribution in [0.2, 0.25) is 0 Å². The first-order chi connectivity index (χ1) is 19.2. The molecule has 1 saturated heterocycles. The number of fused-ring (bicyclic) bond motifs is 3. The second-order valence-corrected chi connectivity index (χ2v) is 11.0. The Balaban J connectivity index is 1.22. The van der Waals surface area contributed by atoms with Crippen molar-refractivity contribution in [1.29, 1.82) is 0 Å². The van der Waals surface area contributed by atoms with Crippen LogP contribution in [0.25, 0.3) is 11.1 Å². The first kappa shape index (κ1) is 26.8. The molecule has 210 valence electrons. The SMILES string of the molecule is CCOc1ccc(-c2cc3c4c(c2)[C@H]2CN(CCCC(=O)c5ccc(F)cc5)CC[C@H]2N4CC3)c(C(F)(F)F)c1. The predicted molar refractivity (Wildman–Crippen MR) is 147 cm³/mol. The zero-order valence-electron chi connectivity index (χ0n) is 22.4. The minimum Gasteiger partial charge on any atom is -0.494 e. The van der Waals surface area contributed by atoms with E-state index in [1.54, 1.807) is 13.0 Å². The maximum atomic E-state index is 14.1. The highest BCUT2D eigenvalue weighted by Gasteiger charge is 2.45. The lowest BCUT2D eigenvalue weighted by Crippen LogP contribution is -2.46. The van der Waals surface area contributed by atoms with Crippen molar-refractivity contribution in [3.63, 3.8) is 0 Å². The summed E-state index contributed by atoms with van der Waals surface area (Å²) in [5.41, 5.74) is 4.12. The lowest BCUT2D eigenvalue weighted by Gasteiger charge is -2.38. The zero-order chi connectivity index (χ0) is 28.0. The van der Waals surface area contributed by atoms with Gasteiger partial charge in [0, 0.05) is 49.3 Å². The van der Waals surface area contributed by atoms with Crippen LogP contribution in [0.15, 0.2) is 54.6 Å². The monoisotopic (exact) mass is 552 g/mol. The van der Waals surface area contributed by atoms with Gasteiger partial charge in [0.15, 0.2) is 5.78 Å². The van der Waals surface area contributed by atoms with Gasteiger partial charge in [-0.2, -0.15) is 13.2 Å². The molecule has 6 rings (SSSR count). The van der Waals surface area contributed by atoms with E-state index in [4.69, 9.17) is 4.74 Å². The lowest BCUT2D eigenvalue weighted by molar-refractivity contribution is -0.137. The van der Waals surface area contributed by atoms with Crippen molar-refractivity contribution < 1.29 is 27.1 Å². The van der Waals surface area contributed by atoms with Crippen molar-refractivity contribution in [2.75, 3.05) is 37.7 Å². The fourth-order valence-corrected chi connectivity index (χ4v) is 6.78. The number of Topliss-reactive ketones (excluding diaryl/α,β-unsaturated/α-hetero) is 1. The fourth-order valence-electron chi connectivity index (χ4n) is 6.78. The average Bonchev–Trinajstić information content (AvgIpc) is 3.50. The van der Waals surface area contributed by atoms with Crippen LogP contribution >= 0.6 is 0 Å². The summed E-state index contributed by atoms with van der Waals surface area (Å²) in [6.45, 7) is 5.47. The molecule has 0 bridgehead atoms. The summed E-state index contributed by atoms with van der Waals surface area (Å²) in [7, 11) is 0. The van der Waals surface area contributed by atoms with Gasteiger partial charge in [-0.05, 0) is 104 Å². The molecule has 0 N–H and O–H groups in total. The third-order valence-corrected chi connectivity index (χ3v) is 8.55. The first-order valence-corrected chi connectivity index (χ1v) is 14.0. The van der Waals surface area contributed by atoms with Gasteiger partial charge in [0.1, 0.15) is 11.6 Å². The van der Waals surface area contributed by atoms with Crippen LogP contribution in [0.5, 0.6) is 5.75 Å². The van der Waals surface area contributed by atoms with Crippen LogP contribution in [-0.4, -0.2) is 49.5 Å². The van der Waals surface area contributed by atoms with Crippen LogP contribution in [0, 0.1) is 5.82 Å². The Labute approximate surface area is 231 Å². The van der Waals surface area contributed by atoms with E-state index < -0.39 is 11.7 Å². The van der Waals surface area contributed by atoms with Crippen LogP contribution in [0.1, 0.15) is 59.2 Å². The third-order valence-electron chi connectivity index (χ3n) is 8.55. The largest absolute Gasteiger partial charge is 0.494 e. The second-order valence-electron chi connectivity index (χ2n) is 11.0. The molecule has 40 heavy (non-hydrogen) atoms. The number of piperidine rings is 1. The quantitative estimate of drug-likeness (QED) is 0.220. The van der Waals surface area contributed by atoms with Crippen molar-refractivity contribution in [3.8, 4) is 16.9 Å². The summed E-state index contributed by atoms with van der Waals surface area (Å²) in [4.78, 5) is 17.4. The smallest absolute Gasteiger partial charge is 0.417 e. The van der Waals surface area contributed by atoms with Gasteiger partial charge in [0.05, 0.1) is 12.2 Å². The number of hydrogen-bond acceptors (Lipinski definition) is 4. The van der Waals surface area contributed by atoms with Crippen molar-refractivity contribution >= 4 is 11.5 Å². The molecule has 1 fully saturated rings. The van der Waals surface area contributed by atoms with Gasteiger partial charge < -0.3 is 14.5 Å². The van der Waals surface area contributed by atoms with Crippen molar-refractivity contribution in [3.05, 3.63) is 82.7 Å². The van der Waals surface area contributed by atoms with Crippen LogP contribution < -0.4 is 9.64 Å². The highest BCUT2D eigenvalue weighted by molar-refractivity contribution is 5.96. The molecule has 0 radical (unpaired) electrons. The minimum atomic E-state index is -4.50. The van der Waals surface area contributed by atoms with Gasteiger partial charge in [-0.3, -0.25) is 4.79 Å². The Morgan fingerprint density at radius 3 is 2.60 bits per heavy atom. The molecule has 3 aliphatic rings. The highest BCUT2D eigenvalue weighted by Crippen LogP contribution is 2.51. The number of hydrogen-bond donors (Lipinski definition) is 0. The maximum absolute atomic E-state index is 14.1. The summed E-state index contributed by atoms with van der Waals surface area (Å²) in [6, 6.07) is 14.2. The average molecular weight is 553 g/mol. The summed E-state index contributed by atoms with van der Waals surface area (Å²) < 4.78 is 60.9. The Morgan fingerprint density at radius 1 is 1.05 bits per heavy atom. The van der Waals surface area contributed by atoms with E-state index in [-0.39, 0.29) is 28.8 Å². The summed E-state index contributed by atoms with van der Waals surface area (Å²) in [5, 5.41) is 0. The first-order valence-electron chi connectivity index (χ1n) is 14.0. The number of halogens is 4. The number of likely N-dealkylation sites (tertiary alicyclic amines) is 1. The van der Waals surface area contributed by atoms with E-state index >= 15 is 0 Å². The molecule has 0 amide bonds. The number of ketones is 1. The molecule has 3 aliphatic heterocycles. The fraction of sp³-hybridized carbons (Fsp3) is 0.406. The molecule has 3 aromatic rings. The number of benzene rings is 3. The second kappa shape index (κ2) is 10.5. The zero-order valence-corrected chi connectivity index (χ0v) is 22.4. The van der Waals surface area contributed by atoms with Gasteiger partial charge in [0.2, 0.25) is 0 Å². The summed E-state index contributed by atoms with van der Waals surface area (Å²) >= 11 is 0. The Kier molecular flexibility index (Phi) is 7.07. The lowest BCUT2D eigenvalue weighted by atomic mass is 9.85. The molecule has 8 heteroatoms. The number of alkyl halides is 3. The summed E-state index contributed by atoms with van der Waals surface area (Å²) in [5.74, 6) is 0.0812. The molecule has 0 saturated carbocycles. The molecule has 4 nitrogen and oxygen atoms in total. The molecule has 0 spiro atoms. The summed E-state index contributed by atoms with van der Waals surface area (Å²) in [6.07, 6.45) is -1.57. The number of carbonyl (C=O) groups is 1. The maximum Gasteiger partial charge on any atom is 0.417 e. The third kappa shape index (κ3) is 4.98. The number of rotatable bonds is 8. The molecule has 0 aromatic heterocycles. The molecule has 0 aliphatic carbocycles. The number of ether oxygens (including phenoxy) is 1. The van der Waals surface area contributed by atoms with E-state index in [2.05, 4.69) is 9.80 Å². The van der Waals surface area contributed by atoms with E-state index in [0.29, 0.717) is 36.6 Å². The van der Waals surface area contributed by atoms with Crippen molar-refractivity contribution in [2.45, 2.75) is 50.7 Å². The van der Waals surface area contributed by atoms with Crippen LogP contribution in [-0.2, 0) is 12.6 Å². The van der Waals surface area contributed by atoms with Crippen molar-refractivity contribution in [1.82, 2.24) is 4.90 Å². The normalized spacial score (nSPS) is 20.0. The van der Waals surface area contributed by atoms with E-state index in [0.717, 1.165) is 56.2 Å². The Hall–Kier alpha value is -3.39.